The first-order valence-electron chi connectivity index (χ1n) is 9.10. The van der Waals surface area contributed by atoms with Crippen molar-refractivity contribution >= 4 is 17.5 Å². The molecule has 0 fully saturated rings. The Morgan fingerprint density at radius 3 is 2.38 bits per heavy atom. The monoisotopic (exact) mass is 350 g/mol. The normalized spacial score (nSPS) is 17.5. The highest BCUT2D eigenvalue weighted by Gasteiger charge is 2.43. The van der Waals surface area contributed by atoms with Crippen LogP contribution in [0.3, 0.4) is 0 Å². The number of rotatable bonds is 4. The van der Waals surface area contributed by atoms with Crippen molar-refractivity contribution in [3.8, 4) is 0 Å². The van der Waals surface area contributed by atoms with Crippen LogP contribution in [0.2, 0.25) is 0 Å². The fourth-order valence-corrected chi connectivity index (χ4v) is 3.48. The molecule has 3 rings (SSSR count). The Hall–Kier alpha value is -2.62. The summed E-state index contributed by atoms with van der Waals surface area (Å²) in [5.74, 6) is -0.414. The van der Waals surface area contributed by atoms with Crippen LogP contribution in [-0.4, -0.2) is 17.9 Å². The molecule has 2 aromatic rings. The molecule has 26 heavy (non-hydrogen) atoms. The molecular formula is C22H26N2O2. The number of para-hydroxylation sites is 1. The van der Waals surface area contributed by atoms with Gasteiger partial charge in [-0.2, -0.15) is 0 Å². The Morgan fingerprint density at radius 1 is 1.08 bits per heavy atom. The van der Waals surface area contributed by atoms with Crippen LogP contribution in [0.4, 0.5) is 5.69 Å². The molecule has 2 aromatic carbocycles. The summed E-state index contributed by atoms with van der Waals surface area (Å²) in [6, 6.07) is 17.6. The highest BCUT2D eigenvalue weighted by molar-refractivity contribution is 6.12. The average Bonchev–Trinajstić information content (AvgIpc) is 2.97. The molecule has 1 heterocycles. The maximum atomic E-state index is 13.3. The lowest BCUT2D eigenvalue weighted by Crippen LogP contribution is -2.51. The van der Waals surface area contributed by atoms with Crippen LogP contribution in [0, 0.1) is 5.41 Å². The molecule has 1 N–H and O–H groups in total. The Bertz CT molecular complexity index is 814. The summed E-state index contributed by atoms with van der Waals surface area (Å²) in [6.07, 6.45) is 0.819. The lowest BCUT2D eigenvalue weighted by atomic mass is 9.89. The van der Waals surface area contributed by atoms with Gasteiger partial charge in [-0.05, 0) is 51.3 Å². The van der Waals surface area contributed by atoms with Gasteiger partial charge in [0.05, 0.1) is 6.04 Å². The third-order valence-corrected chi connectivity index (χ3v) is 5.18. The zero-order valence-electron chi connectivity index (χ0n) is 15.8. The van der Waals surface area contributed by atoms with Crippen molar-refractivity contribution in [1.82, 2.24) is 5.32 Å². The van der Waals surface area contributed by atoms with E-state index in [1.54, 1.807) is 18.7 Å². The molecule has 4 heteroatoms. The Labute approximate surface area is 155 Å². The average molecular weight is 350 g/mol. The molecule has 0 bridgehead atoms. The van der Waals surface area contributed by atoms with E-state index in [1.807, 2.05) is 68.4 Å². The van der Waals surface area contributed by atoms with Crippen LogP contribution in [0.15, 0.2) is 54.6 Å². The topological polar surface area (TPSA) is 49.4 Å². The molecule has 0 spiro atoms. The predicted octanol–water partition coefficient (Wildman–Crippen LogP) is 3.87. The highest BCUT2D eigenvalue weighted by atomic mass is 16.2. The summed E-state index contributed by atoms with van der Waals surface area (Å²) in [5, 5.41) is 2.99. The SMILES string of the molecule is CC(NC(=O)C(C)(C)C(=O)N1c2ccccc2CC1C)c1ccccc1. The largest absolute Gasteiger partial charge is 0.349 e. The second-order valence-electron chi connectivity index (χ2n) is 7.59. The minimum absolute atomic E-state index is 0.0542. The minimum Gasteiger partial charge on any atom is -0.349 e. The van der Waals surface area contributed by atoms with Crippen molar-refractivity contribution in [2.45, 2.75) is 46.2 Å². The molecule has 1 aliphatic heterocycles. The minimum atomic E-state index is -1.14. The molecular weight excluding hydrogens is 324 g/mol. The van der Waals surface area contributed by atoms with Crippen LogP contribution in [0.25, 0.3) is 0 Å². The number of carbonyl (C=O) groups excluding carboxylic acids is 2. The van der Waals surface area contributed by atoms with Crippen molar-refractivity contribution < 1.29 is 9.59 Å². The number of fused-ring (bicyclic) bond motifs is 1. The van der Waals surface area contributed by atoms with Gasteiger partial charge in [0.15, 0.2) is 0 Å². The first kappa shape index (κ1) is 18.2. The van der Waals surface area contributed by atoms with Crippen molar-refractivity contribution in [2.75, 3.05) is 4.90 Å². The van der Waals surface area contributed by atoms with Crippen molar-refractivity contribution in [2.24, 2.45) is 5.41 Å². The van der Waals surface area contributed by atoms with E-state index in [1.165, 1.54) is 0 Å². The van der Waals surface area contributed by atoms with Crippen molar-refractivity contribution in [1.29, 1.82) is 0 Å². The standard InChI is InChI=1S/C22H26N2O2/c1-15-14-18-12-8-9-13-19(18)24(15)21(26)22(3,4)20(25)23-16(2)17-10-6-5-7-11-17/h5-13,15-16H,14H2,1-4H3,(H,23,25). The highest BCUT2D eigenvalue weighted by Crippen LogP contribution is 2.35. The molecule has 1 aliphatic rings. The van der Waals surface area contributed by atoms with Crippen LogP contribution in [-0.2, 0) is 16.0 Å². The van der Waals surface area contributed by atoms with E-state index >= 15 is 0 Å². The van der Waals surface area contributed by atoms with Gasteiger partial charge in [-0.1, -0.05) is 48.5 Å². The summed E-state index contributed by atoms with van der Waals surface area (Å²) in [4.78, 5) is 28.0. The van der Waals surface area contributed by atoms with Gasteiger partial charge in [-0.25, -0.2) is 0 Å². The van der Waals surface area contributed by atoms with Crippen molar-refractivity contribution in [3.05, 3.63) is 65.7 Å². The zero-order chi connectivity index (χ0) is 18.9. The third-order valence-electron chi connectivity index (χ3n) is 5.18. The van der Waals surface area contributed by atoms with E-state index in [0.29, 0.717) is 0 Å². The van der Waals surface area contributed by atoms with E-state index in [4.69, 9.17) is 0 Å². The molecule has 2 unspecified atom stereocenters. The fraction of sp³-hybridized carbons (Fsp3) is 0.364. The summed E-state index contributed by atoms with van der Waals surface area (Å²) < 4.78 is 0. The lowest BCUT2D eigenvalue weighted by molar-refractivity contribution is -0.140. The number of hydrogen-bond acceptors (Lipinski definition) is 2. The van der Waals surface area contributed by atoms with Gasteiger partial charge >= 0.3 is 0 Å². The van der Waals surface area contributed by atoms with Gasteiger partial charge in [0.1, 0.15) is 5.41 Å². The second-order valence-corrected chi connectivity index (χ2v) is 7.59. The van der Waals surface area contributed by atoms with E-state index in [0.717, 1.165) is 23.2 Å². The van der Waals surface area contributed by atoms with E-state index in [2.05, 4.69) is 5.32 Å². The zero-order valence-corrected chi connectivity index (χ0v) is 15.8. The molecule has 136 valence electrons. The predicted molar refractivity (Wildman–Crippen MR) is 104 cm³/mol. The number of carbonyl (C=O) groups is 2. The smallest absolute Gasteiger partial charge is 0.242 e. The Balaban J connectivity index is 1.79. The number of hydrogen-bond donors (Lipinski definition) is 1. The van der Waals surface area contributed by atoms with Gasteiger partial charge in [-0.15, -0.1) is 0 Å². The van der Waals surface area contributed by atoms with Gasteiger partial charge in [0.2, 0.25) is 11.8 Å². The van der Waals surface area contributed by atoms with Crippen molar-refractivity contribution in [3.63, 3.8) is 0 Å². The number of amides is 2. The number of nitrogens with zero attached hydrogens (tertiary/aromatic N) is 1. The summed E-state index contributed by atoms with van der Waals surface area (Å²) in [6.45, 7) is 7.37. The molecule has 4 nitrogen and oxygen atoms in total. The Morgan fingerprint density at radius 2 is 1.69 bits per heavy atom. The molecule has 0 aliphatic carbocycles. The number of anilines is 1. The maximum Gasteiger partial charge on any atom is 0.242 e. The number of nitrogens with one attached hydrogen (secondary N) is 1. The molecule has 0 radical (unpaired) electrons. The van der Waals surface area contributed by atoms with Gasteiger partial charge in [-0.3, -0.25) is 9.59 Å². The quantitative estimate of drug-likeness (QED) is 0.851. The van der Waals surface area contributed by atoms with E-state index in [-0.39, 0.29) is 23.9 Å². The van der Waals surface area contributed by atoms with Crippen LogP contribution >= 0.6 is 0 Å². The molecule has 0 aromatic heterocycles. The third kappa shape index (κ3) is 3.24. The van der Waals surface area contributed by atoms with Crippen LogP contribution in [0.1, 0.15) is 44.9 Å². The van der Waals surface area contributed by atoms with E-state index < -0.39 is 5.41 Å². The van der Waals surface area contributed by atoms with E-state index in [9.17, 15) is 9.59 Å². The molecule has 0 saturated carbocycles. The van der Waals surface area contributed by atoms with Crippen LogP contribution in [0.5, 0.6) is 0 Å². The van der Waals surface area contributed by atoms with Crippen LogP contribution < -0.4 is 10.2 Å². The first-order valence-corrected chi connectivity index (χ1v) is 9.10. The summed E-state index contributed by atoms with van der Waals surface area (Å²) in [7, 11) is 0. The Kier molecular flexibility index (Phi) is 4.86. The fourth-order valence-electron chi connectivity index (χ4n) is 3.48. The second kappa shape index (κ2) is 6.94. The van der Waals surface area contributed by atoms with Gasteiger partial charge in [0.25, 0.3) is 0 Å². The maximum absolute atomic E-state index is 13.3. The van der Waals surface area contributed by atoms with Gasteiger partial charge in [0, 0.05) is 11.7 Å². The molecule has 2 amide bonds. The summed E-state index contributed by atoms with van der Waals surface area (Å²) in [5.41, 5.74) is 1.95. The number of benzene rings is 2. The molecule has 0 saturated heterocycles. The lowest BCUT2D eigenvalue weighted by Gasteiger charge is -2.32. The van der Waals surface area contributed by atoms with Gasteiger partial charge < -0.3 is 10.2 Å². The summed E-state index contributed by atoms with van der Waals surface area (Å²) >= 11 is 0. The first-order chi connectivity index (χ1) is 12.3. The molecule has 2 atom stereocenters.